The van der Waals surface area contributed by atoms with Gasteiger partial charge in [0.1, 0.15) is 0 Å². The Balaban J connectivity index is 2.55. The smallest absolute Gasteiger partial charge is 0.0713 e. The molecule has 0 saturated carbocycles. The van der Waals surface area contributed by atoms with E-state index < -0.39 is 0 Å². The molecule has 0 aliphatic rings. The molecule has 0 radical (unpaired) electrons. The average molecular weight is 209 g/mol. The molecule has 0 amide bonds. The predicted octanol–water partition coefficient (Wildman–Crippen LogP) is 0.943. The molecular weight excluding hydrogens is 190 g/mol. The molecule has 1 rings (SSSR count). The Hall–Kier alpha value is -0.900. The highest BCUT2D eigenvalue weighted by Gasteiger charge is 2.05. The van der Waals surface area contributed by atoms with Gasteiger partial charge in [0.15, 0.2) is 0 Å². The first-order chi connectivity index (χ1) is 7.30. The van der Waals surface area contributed by atoms with Crippen molar-refractivity contribution in [3.63, 3.8) is 0 Å². The summed E-state index contributed by atoms with van der Waals surface area (Å²) in [6, 6.07) is 8.22. The molecule has 0 fully saturated rings. The fourth-order valence-corrected chi connectivity index (χ4v) is 1.49. The topological polar surface area (TPSA) is 55.5 Å². The maximum absolute atomic E-state index is 9.03. The third-order valence-corrected chi connectivity index (χ3v) is 2.45. The van der Waals surface area contributed by atoms with E-state index in [-0.39, 0.29) is 12.5 Å². The van der Waals surface area contributed by atoms with Crippen molar-refractivity contribution in [2.24, 2.45) is 11.7 Å². The van der Waals surface area contributed by atoms with Crippen LogP contribution >= 0.6 is 0 Å². The minimum absolute atomic E-state index is 0.149. The van der Waals surface area contributed by atoms with Crippen molar-refractivity contribution in [2.75, 3.05) is 20.3 Å². The molecule has 3 nitrogen and oxygen atoms in total. The Bertz CT molecular complexity index is 267. The van der Waals surface area contributed by atoms with Gasteiger partial charge in [0.25, 0.3) is 0 Å². The molecule has 0 aliphatic heterocycles. The normalized spacial score (nSPS) is 12.7. The first-order valence-corrected chi connectivity index (χ1v) is 5.17. The third kappa shape index (κ3) is 4.00. The zero-order valence-corrected chi connectivity index (χ0v) is 9.15. The molecule has 3 heteroatoms. The summed E-state index contributed by atoms with van der Waals surface area (Å²) in [4.78, 5) is 0. The SMILES string of the molecule is COCc1ccc(CC(CN)CO)cc1. The summed E-state index contributed by atoms with van der Waals surface area (Å²) >= 11 is 0. The fourth-order valence-electron chi connectivity index (χ4n) is 1.49. The van der Waals surface area contributed by atoms with E-state index in [4.69, 9.17) is 15.6 Å². The van der Waals surface area contributed by atoms with Crippen LogP contribution in [0.2, 0.25) is 0 Å². The second-order valence-corrected chi connectivity index (χ2v) is 3.74. The van der Waals surface area contributed by atoms with Crippen molar-refractivity contribution >= 4 is 0 Å². The Morgan fingerprint density at radius 3 is 2.33 bits per heavy atom. The Kier molecular flexibility index (Phi) is 5.32. The number of aliphatic hydroxyl groups is 1. The van der Waals surface area contributed by atoms with Crippen LogP contribution in [0, 0.1) is 5.92 Å². The number of aliphatic hydroxyl groups excluding tert-OH is 1. The molecule has 3 N–H and O–H groups in total. The second-order valence-electron chi connectivity index (χ2n) is 3.74. The van der Waals surface area contributed by atoms with E-state index in [1.165, 1.54) is 5.56 Å². The first kappa shape index (κ1) is 12.2. The van der Waals surface area contributed by atoms with Crippen LogP contribution in [0.5, 0.6) is 0 Å². The molecule has 15 heavy (non-hydrogen) atoms. The third-order valence-electron chi connectivity index (χ3n) is 2.45. The summed E-state index contributed by atoms with van der Waals surface area (Å²) in [7, 11) is 1.68. The summed E-state index contributed by atoms with van der Waals surface area (Å²) in [5, 5.41) is 9.03. The summed E-state index contributed by atoms with van der Waals surface area (Å²) in [5.41, 5.74) is 7.90. The standard InChI is InChI=1S/C12H19NO2/c1-15-9-11-4-2-10(3-5-11)6-12(7-13)8-14/h2-5,12,14H,6-9,13H2,1H3. The average Bonchev–Trinajstić information content (AvgIpc) is 2.28. The van der Waals surface area contributed by atoms with Gasteiger partial charge in [-0.15, -0.1) is 0 Å². The van der Waals surface area contributed by atoms with Crippen molar-refractivity contribution in [2.45, 2.75) is 13.0 Å². The quantitative estimate of drug-likeness (QED) is 0.733. The maximum atomic E-state index is 9.03. The van der Waals surface area contributed by atoms with Crippen LogP contribution in [0.15, 0.2) is 24.3 Å². The van der Waals surface area contributed by atoms with Crippen LogP contribution in [-0.2, 0) is 17.8 Å². The molecule has 0 heterocycles. The fraction of sp³-hybridized carbons (Fsp3) is 0.500. The van der Waals surface area contributed by atoms with E-state index in [0.29, 0.717) is 13.2 Å². The van der Waals surface area contributed by atoms with Gasteiger partial charge in [0, 0.05) is 13.7 Å². The Morgan fingerprint density at radius 2 is 1.87 bits per heavy atom. The van der Waals surface area contributed by atoms with Gasteiger partial charge in [0.2, 0.25) is 0 Å². The van der Waals surface area contributed by atoms with E-state index >= 15 is 0 Å². The highest BCUT2D eigenvalue weighted by Crippen LogP contribution is 2.10. The van der Waals surface area contributed by atoms with E-state index in [2.05, 4.69) is 12.1 Å². The van der Waals surface area contributed by atoms with E-state index in [0.717, 1.165) is 12.0 Å². The monoisotopic (exact) mass is 209 g/mol. The molecular formula is C12H19NO2. The lowest BCUT2D eigenvalue weighted by Gasteiger charge is -2.11. The van der Waals surface area contributed by atoms with E-state index in [1.54, 1.807) is 7.11 Å². The largest absolute Gasteiger partial charge is 0.396 e. The number of hydrogen-bond donors (Lipinski definition) is 2. The van der Waals surface area contributed by atoms with Crippen LogP contribution < -0.4 is 5.73 Å². The van der Waals surface area contributed by atoms with Crippen molar-refractivity contribution in [3.8, 4) is 0 Å². The molecule has 1 unspecified atom stereocenters. The van der Waals surface area contributed by atoms with Gasteiger partial charge in [-0.25, -0.2) is 0 Å². The summed E-state index contributed by atoms with van der Waals surface area (Å²) in [5.74, 6) is 0.165. The molecule has 0 bridgehead atoms. The van der Waals surface area contributed by atoms with Crippen molar-refractivity contribution < 1.29 is 9.84 Å². The molecule has 84 valence electrons. The lowest BCUT2D eigenvalue weighted by atomic mass is 9.99. The highest BCUT2D eigenvalue weighted by molar-refractivity contribution is 5.22. The summed E-state index contributed by atoms with van der Waals surface area (Å²) < 4.78 is 5.03. The van der Waals surface area contributed by atoms with Crippen LogP contribution in [0.3, 0.4) is 0 Å². The number of benzene rings is 1. The van der Waals surface area contributed by atoms with Gasteiger partial charge in [-0.05, 0) is 30.0 Å². The van der Waals surface area contributed by atoms with Crippen LogP contribution in [0.4, 0.5) is 0 Å². The molecule has 1 aromatic rings. The lowest BCUT2D eigenvalue weighted by molar-refractivity contribution is 0.185. The van der Waals surface area contributed by atoms with Gasteiger partial charge < -0.3 is 15.6 Å². The molecule has 0 aromatic heterocycles. The summed E-state index contributed by atoms with van der Waals surface area (Å²) in [6.07, 6.45) is 0.834. The minimum atomic E-state index is 0.149. The van der Waals surface area contributed by atoms with Crippen LogP contribution in [-0.4, -0.2) is 25.4 Å². The van der Waals surface area contributed by atoms with Gasteiger partial charge in [0.05, 0.1) is 6.61 Å². The number of nitrogens with two attached hydrogens (primary N) is 1. The van der Waals surface area contributed by atoms with Crippen molar-refractivity contribution in [1.29, 1.82) is 0 Å². The zero-order chi connectivity index (χ0) is 11.1. The lowest BCUT2D eigenvalue weighted by Crippen LogP contribution is -2.20. The van der Waals surface area contributed by atoms with Gasteiger partial charge in [-0.2, -0.15) is 0 Å². The number of rotatable bonds is 6. The van der Waals surface area contributed by atoms with Gasteiger partial charge in [-0.1, -0.05) is 24.3 Å². The first-order valence-electron chi connectivity index (χ1n) is 5.17. The zero-order valence-electron chi connectivity index (χ0n) is 9.15. The van der Waals surface area contributed by atoms with E-state index in [9.17, 15) is 0 Å². The molecule has 0 aliphatic carbocycles. The molecule has 0 saturated heterocycles. The summed E-state index contributed by atoms with van der Waals surface area (Å²) in [6.45, 7) is 1.31. The maximum Gasteiger partial charge on any atom is 0.0713 e. The molecule has 0 spiro atoms. The highest BCUT2D eigenvalue weighted by atomic mass is 16.5. The molecule has 1 aromatic carbocycles. The number of methoxy groups -OCH3 is 1. The minimum Gasteiger partial charge on any atom is -0.396 e. The molecule has 1 atom stereocenters. The van der Waals surface area contributed by atoms with Gasteiger partial charge in [-0.3, -0.25) is 0 Å². The second kappa shape index (κ2) is 6.56. The van der Waals surface area contributed by atoms with E-state index in [1.807, 2.05) is 12.1 Å². The number of ether oxygens (including phenoxy) is 1. The van der Waals surface area contributed by atoms with Gasteiger partial charge >= 0.3 is 0 Å². The number of hydrogen-bond acceptors (Lipinski definition) is 3. The predicted molar refractivity (Wildman–Crippen MR) is 60.5 cm³/mol. The Morgan fingerprint density at radius 1 is 1.27 bits per heavy atom. The van der Waals surface area contributed by atoms with Crippen molar-refractivity contribution in [3.05, 3.63) is 35.4 Å². The van der Waals surface area contributed by atoms with Crippen LogP contribution in [0.1, 0.15) is 11.1 Å². The van der Waals surface area contributed by atoms with Crippen molar-refractivity contribution in [1.82, 2.24) is 0 Å². The Labute approximate surface area is 90.9 Å². The van der Waals surface area contributed by atoms with Crippen LogP contribution in [0.25, 0.3) is 0 Å².